The van der Waals surface area contributed by atoms with Crippen LogP contribution in [0.2, 0.25) is 0 Å². The summed E-state index contributed by atoms with van der Waals surface area (Å²) in [4.78, 5) is 24.6. The molecule has 4 rings (SSSR count). The largest absolute Gasteiger partial charge is 0.416 e. The summed E-state index contributed by atoms with van der Waals surface area (Å²) in [6, 6.07) is 8.76. The number of benzene rings is 1. The van der Waals surface area contributed by atoms with E-state index >= 15 is 0 Å². The van der Waals surface area contributed by atoms with Crippen molar-refractivity contribution in [3.8, 4) is 11.4 Å². The van der Waals surface area contributed by atoms with Crippen LogP contribution in [0, 0.1) is 0 Å². The lowest BCUT2D eigenvalue weighted by atomic mass is 10.1. The van der Waals surface area contributed by atoms with Crippen molar-refractivity contribution in [2.24, 2.45) is 0 Å². The third kappa shape index (κ3) is 4.38. The monoisotopic (exact) mass is 417 g/mol. The van der Waals surface area contributed by atoms with Crippen molar-refractivity contribution in [1.82, 2.24) is 14.9 Å². The number of Topliss-reactive ketones (excluding diaryl/α,β-unsaturated/α-hetero) is 1. The number of aromatic nitrogens is 2. The molecule has 0 atom stereocenters. The van der Waals surface area contributed by atoms with Gasteiger partial charge in [0.25, 0.3) is 0 Å². The minimum Gasteiger partial charge on any atom is -0.294 e. The van der Waals surface area contributed by atoms with Gasteiger partial charge in [-0.1, -0.05) is 12.1 Å². The number of rotatable bonds is 4. The highest BCUT2D eigenvalue weighted by Gasteiger charge is 2.30. The van der Waals surface area contributed by atoms with Gasteiger partial charge in [0.15, 0.2) is 11.6 Å². The highest BCUT2D eigenvalue weighted by molar-refractivity contribution is 7.14. The number of nitrogens with zero attached hydrogens (tertiary/aromatic N) is 3. The molecule has 1 aliphatic heterocycles. The van der Waals surface area contributed by atoms with E-state index in [1.165, 1.54) is 23.5 Å². The normalized spacial score (nSPS) is 14.6. The number of ketones is 1. The van der Waals surface area contributed by atoms with Crippen molar-refractivity contribution in [3.63, 3.8) is 0 Å². The van der Waals surface area contributed by atoms with Gasteiger partial charge in [0.1, 0.15) is 0 Å². The van der Waals surface area contributed by atoms with Gasteiger partial charge in [-0.15, -0.1) is 11.3 Å². The second kappa shape index (κ2) is 7.68. The Balaban J connectivity index is 1.47. The van der Waals surface area contributed by atoms with Crippen LogP contribution in [-0.2, 0) is 25.7 Å². The Kier molecular flexibility index (Phi) is 5.23. The molecule has 0 saturated carbocycles. The molecule has 0 radical (unpaired) electrons. The summed E-state index contributed by atoms with van der Waals surface area (Å²) in [5.74, 6) is 0.518. The topological polar surface area (TPSA) is 46.1 Å². The lowest BCUT2D eigenvalue weighted by Gasteiger charge is -2.27. The van der Waals surface area contributed by atoms with E-state index in [0.29, 0.717) is 17.9 Å². The number of hydrogen-bond donors (Lipinski definition) is 0. The molecule has 1 aromatic carbocycles. The molecule has 2 aromatic heterocycles. The maximum Gasteiger partial charge on any atom is 0.416 e. The highest BCUT2D eigenvalue weighted by Crippen LogP contribution is 2.31. The van der Waals surface area contributed by atoms with Gasteiger partial charge >= 0.3 is 6.18 Å². The fourth-order valence-electron chi connectivity index (χ4n) is 3.33. The number of thiophene rings is 1. The van der Waals surface area contributed by atoms with Gasteiger partial charge in [0, 0.05) is 48.3 Å². The van der Waals surface area contributed by atoms with E-state index in [-0.39, 0.29) is 5.78 Å². The fourth-order valence-corrected chi connectivity index (χ4v) is 4.27. The van der Waals surface area contributed by atoms with E-state index in [1.807, 2.05) is 12.1 Å². The van der Waals surface area contributed by atoms with Gasteiger partial charge in [-0.3, -0.25) is 9.69 Å². The zero-order valence-corrected chi connectivity index (χ0v) is 16.5. The van der Waals surface area contributed by atoms with E-state index in [4.69, 9.17) is 0 Å². The number of halogens is 3. The first-order valence-corrected chi connectivity index (χ1v) is 9.95. The SMILES string of the molecule is CC(=O)c1ccc(CN2CCc3nc(-c4ccc(C(F)(F)F)cc4)ncc3C2)s1. The molecule has 0 N–H and O–H groups in total. The summed E-state index contributed by atoms with van der Waals surface area (Å²) in [6.07, 6.45) is -1.85. The predicted octanol–water partition coefficient (Wildman–Crippen LogP) is 4.98. The Bertz CT molecular complexity index is 1040. The summed E-state index contributed by atoms with van der Waals surface area (Å²) in [7, 11) is 0. The minimum absolute atomic E-state index is 0.0782. The third-order valence-electron chi connectivity index (χ3n) is 4.87. The van der Waals surface area contributed by atoms with Gasteiger partial charge in [-0.05, 0) is 31.2 Å². The number of carbonyl (C=O) groups is 1. The first-order chi connectivity index (χ1) is 13.8. The molecule has 3 heterocycles. The second-order valence-corrected chi connectivity index (χ2v) is 8.19. The summed E-state index contributed by atoms with van der Waals surface area (Å²) in [5, 5.41) is 0. The molecule has 0 aliphatic carbocycles. The Morgan fingerprint density at radius 3 is 2.59 bits per heavy atom. The van der Waals surface area contributed by atoms with Crippen molar-refractivity contribution in [2.45, 2.75) is 32.6 Å². The molecule has 1 aliphatic rings. The Hall–Kier alpha value is -2.58. The number of hydrogen-bond acceptors (Lipinski definition) is 5. The molecule has 0 saturated heterocycles. The molecule has 0 fully saturated rings. The van der Waals surface area contributed by atoms with Gasteiger partial charge < -0.3 is 0 Å². The zero-order chi connectivity index (χ0) is 20.6. The molecule has 3 aromatic rings. The van der Waals surface area contributed by atoms with Crippen molar-refractivity contribution in [3.05, 3.63) is 69.2 Å². The molecule has 150 valence electrons. The molecule has 0 spiro atoms. The van der Waals surface area contributed by atoms with Crippen LogP contribution < -0.4 is 0 Å². The van der Waals surface area contributed by atoms with E-state index in [1.54, 1.807) is 13.1 Å². The fraction of sp³-hybridized carbons (Fsp3) is 0.286. The standard InChI is InChI=1S/C21H18F3N3OS/c1-13(28)19-7-6-17(29-19)12-27-9-8-18-15(11-27)10-25-20(26-18)14-2-4-16(5-3-14)21(22,23)24/h2-7,10H,8-9,11-12H2,1H3. The summed E-state index contributed by atoms with van der Waals surface area (Å²) in [5.41, 5.74) is 1.84. The quantitative estimate of drug-likeness (QED) is 0.562. The smallest absolute Gasteiger partial charge is 0.294 e. The second-order valence-electron chi connectivity index (χ2n) is 7.02. The van der Waals surface area contributed by atoms with E-state index in [2.05, 4.69) is 14.9 Å². The lowest BCUT2D eigenvalue weighted by molar-refractivity contribution is -0.137. The Morgan fingerprint density at radius 1 is 1.17 bits per heavy atom. The number of alkyl halides is 3. The maximum absolute atomic E-state index is 12.7. The molecule has 0 unspecified atom stereocenters. The van der Waals surface area contributed by atoms with Crippen LogP contribution in [0.25, 0.3) is 11.4 Å². The third-order valence-corrected chi connectivity index (χ3v) is 6.04. The Labute approximate surface area is 170 Å². The molecule has 0 amide bonds. The Morgan fingerprint density at radius 2 is 1.93 bits per heavy atom. The lowest BCUT2D eigenvalue weighted by Crippen LogP contribution is -2.30. The number of carbonyl (C=O) groups excluding carboxylic acids is 1. The first kappa shape index (κ1) is 19.7. The minimum atomic E-state index is -4.35. The molecule has 8 heteroatoms. The molecule has 29 heavy (non-hydrogen) atoms. The van der Waals surface area contributed by atoms with Crippen molar-refractivity contribution in [2.75, 3.05) is 6.54 Å². The summed E-state index contributed by atoms with van der Waals surface area (Å²) < 4.78 is 38.2. The van der Waals surface area contributed by atoms with Gasteiger partial charge in [0.05, 0.1) is 16.1 Å². The molecule has 4 nitrogen and oxygen atoms in total. The van der Waals surface area contributed by atoms with Gasteiger partial charge in [0.2, 0.25) is 0 Å². The van der Waals surface area contributed by atoms with Crippen LogP contribution >= 0.6 is 11.3 Å². The van der Waals surface area contributed by atoms with Crippen LogP contribution in [-0.4, -0.2) is 27.2 Å². The highest BCUT2D eigenvalue weighted by atomic mass is 32.1. The van der Waals surface area contributed by atoms with Gasteiger partial charge in [-0.2, -0.15) is 13.2 Å². The van der Waals surface area contributed by atoms with Crippen LogP contribution in [0.1, 0.15) is 38.3 Å². The molecular weight excluding hydrogens is 399 g/mol. The predicted molar refractivity (Wildman–Crippen MR) is 105 cm³/mol. The van der Waals surface area contributed by atoms with Crippen LogP contribution in [0.4, 0.5) is 13.2 Å². The molecule has 0 bridgehead atoms. The maximum atomic E-state index is 12.7. The van der Waals surface area contributed by atoms with Crippen LogP contribution in [0.3, 0.4) is 0 Å². The number of fused-ring (bicyclic) bond motifs is 1. The average Bonchev–Trinajstić information content (AvgIpc) is 3.16. The summed E-state index contributed by atoms with van der Waals surface area (Å²) >= 11 is 1.52. The van der Waals surface area contributed by atoms with Crippen LogP contribution in [0.5, 0.6) is 0 Å². The van der Waals surface area contributed by atoms with Crippen molar-refractivity contribution < 1.29 is 18.0 Å². The molecular formula is C21H18F3N3OS. The first-order valence-electron chi connectivity index (χ1n) is 9.14. The van der Waals surface area contributed by atoms with Crippen LogP contribution in [0.15, 0.2) is 42.6 Å². The van der Waals surface area contributed by atoms with Gasteiger partial charge in [-0.25, -0.2) is 9.97 Å². The average molecular weight is 417 g/mol. The van der Waals surface area contributed by atoms with E-state index in [9.17, 15) is 18.0 Å². The van der Waals surface area contributed by atoms with E-state index < -0.39 is 11.7 Å². The summed E-state index contributed by atoms with van der Waals surface area (Å²) in [6.45, 7) is 3.86. The van der Waals surface area contributed by atoms with E-state index in [0.717, 1.165) is 52.7 Å². The van der Waals surface area contributed by atoms with Crippen molar-refractivity contribution in [1.29, 1.82) is 0 Å². The van der Waals surface area contributed by atoms with Crippen molar-refractivity contribution >= 4 is 17.1 Å². The zero-order valence-electron chi connectivity index (χ0n) is 15.7.